The molecule has 0 fully saturated rings. The Kier molecular flexibility index (Phi) is 4.94. The van der Waals surface area contributed by atoms with Crippen molar-refractivity contribution in [1.82, 2.24) is 4.68 Å². The van der Waals surface area contributed by atoms with E-state index in [0.717, 1.165) is 27.6 Å². The van der Waals surface area contributed by atoms with E-state index in [1.165, 1.54) is 23.5 Å². The Morgan fingerprint density at radius 3 is 2.67 bits per heavy atom. The molecule has 0 amide bonds. The number of benzene rings is 2. The maximum Gasteiger partial charge on any atom is 0.231 e. The summed E-state index contributed by atoms with van der Waals surface area (Å²) in [5.74, 6) is 1.16. The average molecular weight is 438 g/mol. The number of hydrogen-bond acceptors (Lipinski definition) is 6. The molecule has 3 heterocycles. The number of hydrogen-bond donors (Lipinski definition) is 0. The van der Waals surface area contributed by atoms with Crippen LogP contribution in [0.4, 0.5) is 10.1 Å². The highest BCUT2D eigenvalue weighted by atomic mass is 32.1. The maximum atomic E-state index is 13.3. The van der Waals surface area contributed by atoms with Crippen molar-refractivity contribution in [2.75, 3.05) is 6.79 Å². The first-order chi connectivity index (χ1) is 14.7. The van der Waals surface area contributed by atoms with Crippen LogP contribution < -0.4 is 14.3 Å². The molecule has 0 saturated heterocycles. The van der Waals surface area contributed by atoms with E-state index >= 15 is 0 Å². The van der Waals surface area contributed by atoms with Crippen molar-refractivity contribution in [3.63, 3.8) is 0 Å². The predicted octanol–water partition coefficient (Wildman–Crippen LogP) is 5.65. The molecule has 0 bridgehead atoms. The monoisotopic (exact) mass is 437 g/mol. The molecular formula is C22H16FN3O2S2. The fraction of sp³-hybridized carbons (Fsp3) is 0.0909. The summed E-state index contributed by atoms with van der Waals surface area (Å²) < 4.78 is 26.0. The summed E-state index contributed by atoms with van der Waals surface area (Å²) in [6.45, 7) is 2.18. The number of nitrogens with zero attached hydrogens (tertiary/aromatic N) is 3. The van der Waals surface area contributed by atoms with Crippen LogP contribution in [0.1, 0.15) is 12.5 Å². The van der Waals surface area contributed by atoms with Gasteiger partial charge >= 0.3 is 0 Å². The standard InChI is InChI=1S/C22H16FN3O2S2/c1-14(15-4-9-19-20(11-15)28-13-27-19)25-26-18(21-3-2-10-29-21)12-30-22(26)24-17-7-5-16(23)6-8-17/h2-12H,13H2,1H3. The van der Waals surface area contributed by atoms with Crippen molar-refractivity contribution in [2.24, 2.45) is 10.1 Å². The summed E-state index contributed by atoms with van der Waals surface area (Å²) in [6.07, 6.45) is 0. The number of halogens is 1. The Hall–Kier alpha value is -3.23. The maximum absolute atomic E-state index is 13.3. The summed E-state index contributed by atoms with van der Waals surface area (Å²) in [4.78, 5) is 6.48. The van der Waals surface area contributed by atoms with Crippen LogP contribution >= 0.6 is 22.7 Å². The Morgan fingerprint density at radius 2 is 1.87 bits per heavy atom. The summed E-state index contributed by atoms with van der Waals surface area (Å²) in [7, 11) is 0. The van der Waals surface area contributed by atoms with Gasteiger partial charge in [0.2, 0.25) is 11.6 Å². The summed E-state index contributed by atoms with van der Waals surface area (Å²) >= 11 is 3.13. The summed E-state index contributed by atoms with van der Waals surface area (Å²) in [5, 5.41) is 8.93. The van der Waals surface area contributed by atoms with Gasteiger partial charge in [0.25, 0.3) is 0 Å². The minimum Gasteiger partial charge on any atom is -0.454 e. The predicted molar refractivity (Wildman–Crippen MR) is 117 cm³/mol. The van der Waals surface area contributed by atoms with Crippen LogP contribution in [0, 0.1) is 5.82 Å². The molecule has 0 aliphatic carbocycles. The molecule has 30 heavy (non-hydrogen) atoms. The molecule has 5 rings (SSSR count). The highest BCUT2D eigenvalue weighted by Gasteiger charge is 2.15. The Balaban J connectivity index is 1.62. The Labute approximate surface area is 180 Å². The lowest BCUT2D eigenvalue weighted by molar-refractivity contribution is 0.174. The lowest BCUT2D eigenvalue weighted by Gasteiger charge is -2.06. The molecule has 0 saturated carbocycles. The first-order valence-electron chi connectivity index (χ1n) is 9.18. The SMILES string of the molecule is CC(=Nn1c(-c2cccs2)csc1=Nc1ccc(F)cc1)c1ccc2c(c1)OCO2. The lowest BCUT2D eigenvalue weighted by Crippen LogP contribution is -2.13. The van der Waals surface area contributed by atoms with Gasteiger partial charge in [-0.3, -0.25) is 0 Å². The molecule has 1 aliphatic rings. The molecule has 0 unspecified atom stereocenters. The van der Waals surface area contributed by atoms with Gasteiger partial charge in [0.15, 0.2) is 11.5 Å². The molecule has 4 aromatic rings. The number of thiophene rings is 1. The lowest BCUT2D eigenvalue weighted by atomic mass is 10.1. The number of fused-ring (bicyclic) bond motifs is 1. The van der Waals surface area contributed by atoms with Crippen LogP contribution in [0.15, 0.2) is 75.5 Å². The van der Waals surface area contributed by atoms with Gasteiger partial charge in [-0.15, -0.1) is 22.7 Å². The molecule has 0 N–H and O–H groups in total. The third kappa shape index (κ3) is 3.67. The molecule has 8 heteroatoms. The van der Waals surface area contributed by atoms with Gasteiger partial charge in [0.05, 0.1) is 22.0 Å². The van der Waals surface area contributed by atoms with Crippen LogP contribution in [0.25, 0.3) is 10.6 Å². The molecule has 0 radical (unpaired) electrons. The minimum absolute atomic E-state index is 0.234. The van der Waals surface area contributed by atoms with E-state index in [4.69, 9.17) is 14.6 Å². The van der Waals surface area contributed by atoms with Gasteiger partial charge in [0.1, 0.15) is 5.82 Å². The van der Waals surface area contributed by atoms with Crippen LogP contribution in [0.3, 0.4) is 0 Å². The van der Waals surface area contributed by atoms with E-state index in [2.05, 4.69) is 11.1 Å². The van der Waals surface area contributed by atoms with Crippen LogP contribution in [-0.4, -0.2) is 17.2 Å². The fourth-order valence-corrected chi connectivity index (χ4v) is 4.67. The van der Waals surface area contributed by atoms with Crippen molar-refractivity contribution < 1.29 is 13.9 Å². The zero-order chi connectivity index (χ0) is 20.5. The van der Waals surface area contributed by atoms with Crippen molar-refractivity contribution in [3.8, 4) is 22.1 Å². The van der Waals surface area contributed by atoms with E-state index < -0.39 is 0 Å². The normalized spacial score (nSPS) is 13.8. The average Bonchev–Trinajstić information content (AvgIpc) is 3.50. The molecule has 5 nitrogen and oxygen atoms in total. The van der Waals surface area contributed by atoms with Crippen molar-refractivity contribution in [3.05, 3.63) is 81.5 Å². The van der Waals surface area contributed by atoms with Gasteiger partial charge in [0, 0.05) is 10.9 Å². The molecule has 150 valence electrons. The number of thiazole rings is 1. The Morgan fingerprint density at radius 1 is 1.03 bits per heavy atom. The van der Waals surface area contributed by atoms with Crippen molar-refractivity contribution >= 4 is 34.1 Å². The zero-order valence-electron chi connectivity index (χ0n) is 15.9. The highest BCUT2D eigenvalue weighted by Crippen LogP contribution is 2.33. The highest BCUT2D eigenvalue weighted by molar-refractivity contribution is 7.14. The molecule has 1 aliphatic heterocycles. The molecule has 2 aromatic carbocycles. The van der Waals surface area contributed by atoms with E-state index in [0.29, 0.717) is 16.2 Å². The topological polar surface area (TPSA) is 48.1 Å². The van der Waals surface area contributed by atoms with Gasteiger partial charge in [-0.1, -0.05) is 6.07 Å². The molecule has 2 aromatic heterocycles. The largest absolute Gasteiger partial charge is 0.454 e. The van der Waals surface area contributed by atoms with Gasteiger partial charge in [-0.05, 0) is 60.8 Å². The van der Waals surface area contributed by atoms with Crippen LogP contribution in [0.5, 0.6) is 11.5 Å². The summed E-state index contributed by atoms with van der Waals surface area (Å²) in [6, 6.07) is 15.9. The Bertz CT molecular complexity index is 1290. The van der Waals surface area contributed by atoms with Gasteiger partial charge in [-0.2, -0.15) is 5.10 Å². The second-order valence-corrected chi connectivity index (χ2v) is 8.32. The minimum atomic E-state index is -0.288. The molecule has 0 atom stereocenters. The summed E-state index contributed by atoms with van der Waals surface area (Å²) in [5.41, 5.74) is 3.37. The second kappa shape index (κ2) is 7.89. The fourth-order valence-electron chi connectivity index (χ4n) is 3.02. The number of rotatable bonds is 4. The van der Waals surface area contributed by atoms with Gasteiger partial charge < -0.3 is 9.47 Å². The molecular weight excluding hydrogens is 421 g/mol. The van der Waals surface area contributed by atoms with E-state index in [9.17, 15) is 4.39 Å². The smallest absolute Gasteiger partial charge is 0.231 e. The van der Waals surface area contributed by atoms with Crippen molar-refractivity contribution in [1.29, 1.82) is 0 Å². The first-order valence-corrected chi connectivity index (χ1v) is 10.9. The second-order valence-electron chi connectivity index (χ2n) is 6.53. The van der Waals surface area contributed by atoms with Crippen LogP contribution in [-0.2, 0) is 0 Å². The third-order valence-electron chi connectivity index (χ3n) is 4.55. The first kappa shape index (κ1) is 18.8. The van der Waals surface area contributed by atoms with Crippen LogP contribution in [0.2, 0.25) is 0 Å². The number of aromatic nitrogens is 1. The van der Waals surface area contributed by atoms with Crippen molar-refractivity contribution in [2.45, 2.75) is 6.92 Å². The number of ether oxygens (including phenoxy) is 2. The van der Waals surface area contributed by atoms with E-state index in [1.807, 2.05) is 46.6 Å². The van der Waals surface area contributed by atoms with Gasteiger partial charge in [-0.25, -0.2) is 14.1 Å². The quantitative estimate of drug-likeness (QED) is 0.387. The zero-order valence-corrected chi connectivity index (χ0v) is 17.5. The third-order valence-corrected chi connectivity index (χ3v) is 6.26. The van der Waals surface area contributed by atoms with E-state index in [-0.39, 0.29) is 12.6 Å². The van der Waals surface area contributed by atoms with E-state index in [1.54, 1.807) is 23.5 Å². The molecule has 0 spiro atoms.